The van der Waals surface area contributed by atoms with Crippen LogP contribution in [0.25, 0.3) is 0 Å². The highest BCUT2D eigenvalue weighted by Gasteiger charge is 2.17. The smallest absolute Gasteiger partial charge is 0.220 e. The van der Waals surface area contributed by atoms with Crippen LogP contribution in [-0.2, 0) is 14.4 Å². The van der Waals surface area contributed by atoms with Gasteiger partial charge in [-0.3, -0.25) is 19.3 Å². The first kappa shape index (κ1) is 37.4. The molecule has 226 valence electrons. The maximum Gasteiger partial charge on any atom is 0.220 e. The van der Waals surface area contributed by atoms with Gasteiger partial charge in [0.25, 0.3) is 0 Å². The molecule has 0 spiro atoms. The van der Waals surface area contributed by atoms with E-state index in [0.29, 0.717) is 30.3 Å². The number of thioether (sulfide) groups is 1. The van der Waals surface area contributed by atoms with Crippen molar-refractivity contribution in [1.29, 1.82) is 0 Å². The van der Waals surface area contributed by atoms with Gasteiger partial charge in [0, 0.05) is 43.1 Å². The van der Waals surface area contributed by atoms with E-state index in [1.54, 1.807) is 11.8 Å². The second-order valence-corrected chi connectivity index (χ2v) is 11.8. The second-order valence-electron chi connectivity index (χ2n) is 10.6. The van der Waals surface area contributed by atoms with Crippen LogP contribution in [0.5, 0.6) is 0 Å². The molecule has 0 aliphatic carbocycles. The van der Waals surface area contributed by atoms with Crippen LogP contribution in [0.4, 0.5) is 5.69 Å². The molecule has 0 bridgehead atoms. The van der Waals surface area contributed by atoms with E-state index >= 15 is 0 Å². The lowest BCUT2D eigenvalue weighted by Gasteiger charge is -2.24. The molecule has 0 radical (unpaired) electrons. The fourth-order valence-electron chi connectivity index (χ4n) is 3.90. The molecule has 1 aromatic rings. The quantitative estimate of drug-likeness (QED) is 0.108. The topological polar surface area (TPSA) is 131 Å². The normalized spacial score (nSPS) is 14.2. The highest BCUT2D eigenvalue weighted by molar-refractivity contribution is 8.03. The molecule has 2 amide bonds. The molecule has 8 nitrogen and oxygen atoms in total. The lowest BCUT2D eigenvalue weighted by atomic mass is 9.99. The number of allylic oxidation sites excluding steroid dienone is 1. The van der Waals surface area contributed by atoms with E-state index < -0.39 is 0 Å². The summed E-state index contributed by atoms with van der Waals surface area (Å²) in [6.45, 7) is 21.5. The van der Waals surface area contributed by atoms with E-state index in [2.05, 4.69) is 74.3 Å². The summed E-state index contributed by atoms with van der Waals surface area (Å²) >= 11 is 1.57. The zero-order valence-electron chi connectivity index (χ0n) is 25.6. The zero-order valence-corrected chi connectivity index (χ0v) is 26.4. The summed E-state index contributed by atoms with van der Waals surface area (Å²) in [7, 11) is 1.91. The van der Waals surface area contributed by atoms with E-state index in [-0.39, 0.29) is 17.9 Å². The van der Waals surface area contributed by atoms with E-state index in [0.717, 1.165) is 54.4 Å². The first-order chi connectivity index (χ1) is 18.8. The molecule has 2 rings (SSSR count). The molecule has 1 heterocycles. The summed E-state index contributed by atoms with van der Waals surface area (Å²) in [5.74, 6) is 0.650. The average Bonchev–Trinajstić information content (AvgIpc) is 3.41. The van der Waals surface area contributed by atoms with Gasteiger partial charge in [-0.25, -0.2) is 0 Å². The van der Waals surface area contributed by atoms with Crippen LogP contribution < -0.4 is 22.1 Å². The van der Waals surface area contributed by atoms with Gasteiger partial charge in [-0.2, -0.15) is 0 Å². The predicted molar refractivity (Wildman–Crippen MR) is 170 cm³/mol. The predicted octanol–water partition coefficient (Wildman–Crippen LogP) is 4.86. The van der Waals surface area contributed by atoms with Crippen LogP contribution in [-0.4, -0.2) is 62.3 Å². The molecule has 9 heteroatoms. The van der Waals surface area contributed by atoms with Gasteiger partial charge in [0.2, 0.25) is 11.8 Å². The number of amides is 2. The van der Waals surface area contributed by atoms with Gasteiger partial charge in [-0.15, -0.1) is 0 Å². The fourth-order valence-corrected chi connectivity index (χ4v) is 4.80. The molecule has 0 saturated carbocycles. The number of aldehydes is 1. The Balaban J connectivity index is 0.000000887. The summed E-state index contributed by atoms with van der Waals surface area (Å²) in [6, 6.07) is 6.31. The maximum absolute atomic E-state index is 12.3. The zero-order chi connectivity index (χ0) is 30.7. The Morgan fingerprint density at radius 1 is 1.15 bits per heavy atom. The number of nitrogens with zero attached hydrogens (tertiary/aromatic N) is 1. The average molecular weight is 576 g/mol. The maximum atomic E-state index is 12.3. The van der Waals surface area contributed by atoms with Crippen LogP contribution in [0.3, 0.4) is 0 Å². The van der Waals surface area contributed by atoms with Crippen LogP contribution >= 0.6 is 11.8 Å². The number of carbonyl (C=O) groups is 3. The van der Waals surface area contributed by atoms with Crippen molar-refractivity contribution in [2.45, 2.75) is 83.6 Å². The SMILES string of the molecule is C=C(C=O)CN1CCCC1.C=C(CCC(=O)NC(CNC)C(C)CC)Sc1cc(C(C)C)ccc1N.CC(N)=O. The van der Waals surface area contributed by atoms with Gasteiger partial charge in [-0.05, 0) is 79.4 Å². The molecule has 1 aliphatic rings. The third-order valence-corrected chi connectivity index (χ3v) is 7.55. The molecule has 1 saturated heterocycles. The standard InChI is InChI=1S/C21H35N3OS.C8H13NO.C2H5NO/c1-7-15(4)19(13-23-6)24-21(25)11-8-16(5)26-20-12-17(14(2)3)9-10-18(20)22;1-8(7-10)6-9-4-2-3-5-9;1-2(3)4/h9-10,12,14-15,19,23H,5,7-8,11,13,22H2,1-4,6H3,(H,24,25);7H,1-6H2;1H3,(H2,3,4). The lowest BCUT2D eigenvalue weighted by molar-refractivity contribution is -0.122. The molecular formula is C31H53N5O3S. The number of primary amides is 1. The molecule has 1 fully saturated rings. The van der Waals surface area contributed by atoms with E-state index in [9.17, 15) is 14.4 Å². The number of nitrogen functional groups attached to an aromatic ring is 1. The van der Waals surface area contributed by atoms with Gasteiger partial charge in [0.1, 0.15) is 6.29 Å². The number of nitrogens with two attached hydrogens (primary N) is 2. The van der Waals surface area contributed by atoms with Gasteiger partial charge in [-0.1, -0.05) is 65.1 Å². The van der Waals surface area contributed by atoms with E-state index in [1.165, 1.54) is 25.3 Å². The number of benzene rings is 1. The fraction of sp³-hybridized carbons (Fsp3) is 0.581. The minimum absolute atomic E-state index is 0.0798. The van der Waals surface area contributed by atoms with Crippen LogP contribution in [0.2, 0.25) is 0 Å². The molecule has 1 aromatic carbocycles. The highest BCUT2D eigenvalue weighted by atomic mass is 32.2. The molecule has 1 aliphatic heterocycles. The Bertz CT molecular complexity index is 941. The summed E-state index contributed by atoms with van der Waals surface area (Å²) < 4.78 is 0. The number of hydrogen-bond donors (Lipinski definition) is 4. The van der Waals surface area contributed by atoms with Crippen LogP contribution in [0.1, 0.15) is 78.2 Å². The second kappa shape index (κ2) is 21.2. The minimum atomic E-state index is -0.333. The Morgan fingerprint density at radius 2 is 1.75 bits per heavy atom. The van der Waals surface area contributed by atoms with Crippen molar-refractivity contribution >= 4 is 35.5 Å². The summed E-state index contributed by atoms with van der Waals surface area (Å²) in [4.78, 5) is 35.9. The number of likely N-dealkylation sites (N-methyl/N-ethyl adjacent to an activating group) is 1. The number of nitrogens with one attached hydrogen (secondary N) is 2. The van der Waals surface area contributed by atoms with Crippen LogP contribution in [0, 0.1) is 5.92 Å². The van der Waals surface area contributed by atoms with Crippen molar-refractivity contribution in [3.63, 3.8) is 0 Å². The molecular weight excluding hydrogens is 522 g/mol. The number of anilines is 1. The molecule has 6 N–H and O–H groups in total. The number of carbonyl (C=O) groups excluding carboxylic acids is 3. The molecule has 40 heavy (non-hydrogen) atoms. The first-order valence-corrected chi connectivity index (χ1v) is 15.0. The third-order valence-electron chi connectivity index (χ3n) is 6.48. The highest BCUT2D eigenvalue weighted by Crippen LogP contribution is 2.34. The number of rotatable bonds is 14. The molecule has 2 atom stereocenters. The summed E-state index contributed by atoms with van der Waals surface area (Å²) in [6.07, 6.45) is 5.53. The van der Waals surface area contributed by atoms with Gasteiger partial charge in [0.05, 0.1) is 0 Å². The number of hydrogen-bond acceptors (Lipinski definition) is 7. The van der Waals surface area contributed by atoms with Gasteiger partial charge in [0.15, 0.2) is 0 Å². The largest absolute Gasteiger partial charge is 0.398 e. The summed E-state index contributed by atoms with van der Waals surface area (Å²) in [5, 5.41) is 6.30. The van der Waals surface area contributed by atoms with Gasteiger partial charge >= 0.3 is 0 Å². The van der Waals surface area contributed by atoms with Crippen molar-refractivity contribution in [3.05, 3.63) is 47.4 Å². The Labute approximate surface area is 246 Å². The first-order valence-electron chi connectivity index (χ1n) is 14.1. The van der Waals surface area contributed by atoms with Crippen molar-refractivity contribution < 1.29 is 14.4 Å². The van der Waals surface area contributed by atoms with Crippen molar-refractivity contribution in [2.75, 3.05) is 39.0 Å². The monoisotopic (exact) mass is 575 g/mol. The molecule has 0 aromatic heterocycles. The minimum Gasteiger partial charge on any atom is -0.398 e. The van der Waals surface area contributed by atoms with Crippen molar-refractivity contribution in [1.82, 2.24) is 15.5 Å². The Kier molecular flexibility index (Phi) is 19.8. The van der Waals surface area contributed by atoms with Gasteiger partial charge < -0.3 is 22.1 Å². The Morgan fingerprint density at radius 3 is 2.25 bits per heavy atom. The van der Waals surface area contributed by atoms with E-state index in [4.69, 9.17) is 5.73 Å². The Hall–Kier alpha value is -2.62. The molecule has 2 unspecified atom stereocenters. The summed E-state index contributed by atoms with van der Waals surface area (Å²) in [5.41, 5.74) is 13.3. The number of likely N-dealkylation sites (tertiary alicyclic amines) is 1. The van der Waals surface area contributed by atoms with E-state index in [1.807, 2.05) is 13.1 Å². The third kappa shape index (κ3) is 17.2. The van der Waals surface area contributed by atoms with Crippen molar-refractivity contribution in [3.8, 4) is 0 Å². The van der Waals surface area contributed by atoms with Crippen LogP contribution in [0.15, 0.2) is 46.7 Å². The van der Waals surface area contributed by atoms with Crippen molar-refractivity contribution in [2.24, 2.45) is 11.7 Å². The lowest BCUT2D eigenvalue weighted by Crippen LogP contribution is -2.45.